The molecule has 1 aromatic rings. The number of hydrogen-bond acceptors (Lipinski definition) is 3. The van der Waals surface area contributed by atoms with Gasteiger partial charge in [0.05, 0.1) is 11.6 Å². The summed E-state index contributed by atoms with van der Waals surface area (Å²) >= 11 is 0. The van der Waals surface area contributed by atoms with E-state index in [0.29, 0.717) is 12.2 Å². The lowest BCUT2D eigenvalue weighted by Crippen LogP contribution is -2.48. The van der Waals surface area contributed by atoms with E-state index in [1.807, 2.05) is 17.0 Å². The number of rotatable bonds is 3. The molecule has 2 aliphatic rings. The van der Waals surface area contributed by atoms with Gasteiger partial charge in [-0.3, -0.25) is 4.79 Å². The molecule has 1 saturated heterocycles. The van der Waals surface area contributed by atoms with Gasteiger partial charge in [0, 0.05) is 18.3 Å². The number of ether oxygens (including phenoxy) is 1. The molecule has 1 aromatic carbocycles. The SMILES string of the molecule is N#Cc1cccc(N(C(=O)[C@H]2CCCO2)C2CCC2)c1. The highest BCUT2D eigenvalue weighted by Gasteiger charge is 2.35. The van der Waals surface area contributed by atoms with Crippen LogP contribution in [-0.4, -0.2) is 24.7 Å². The number of nitrogens with zero attached hydrogens (tertiary/aromatic N) is 2. The molecule has 1 heterocycles. The van der Waals surface area contributed by atoms with Gasteiger partial charge in [0.2, 0.25) is 0 Å². The second-order valence-electron chi connectivity index (χ2n) is 5.46. The Labute approximate surface area is 118 Å². The van der Waals surface area contributed by atoms with Crippen molar-refractivity contribution in [3.05, 3.63) is 29.8 Å². The average molecular weight is 270 g/mol. The van der Waals surface area contributed by atoms with Crippen LogP contribution in [0, 0.1) is 11.3 Å². The van der Waals surface area contributed by atoms with Crippen LogP contribution in [0.15, 0.2) is 24.3 Å². The minimum Gasteiger partial charge on any atom is -0.368 e. The molecule has 0 radical (unpaired) electrons. The molecule has 1 amide bonds. The van der Waals surface area contributed by atoms with Gasteiger partial charge in [-0.2, -0.15) is 5.26 Å². The lowest BCUT2D eigenvalue weighted by atomic mass is 9.90. The first-order valence-corrected chi connectivity index (χ1v) is 7.24. The minimum atomic E-state index is -0.304. The largest absolute Gasteiger partial charge is 0.368 e. The van der Waals surface area contributed by atoms with Crippen molar-refractivity contribution in [2.45, 2.75) is 44.2 Å². The summed E-state index contributed by atoms with van der Waals surface area (Å²) in [7, 11) is 0. The predicted molar refractivity (Wildman–Crippen MR) is 75.3 cm³/mol. The van der Waals surface area contributed by atoms with E-state index in [4.69, 9.17) is 10.00 Å². The molecular weight excluding hydrogens is 252 g/mol. The molecule has 3 rings (SSSR count). The highest BCUT2D eigenvalue weighted by molar-refractivity contribution is 5.97. The third-order valence-electron chi connectivity index (χ3n) is 4.14. The van der Waals surface area contributed by atoms with Crippen LogP contribution in [0.3, 0.4) is 0 Å². The van der Waals surface area contributed by atoms with Crippen LogP contribution in [0.25, 0.3) is 0 Å². The van der Waals surface area contributed by atoms with Gasteiger partial charge in [-0.05, 0) is 50.3 Å². The number of hydrogen-bond donors (Lipinski definition) is 0. The first-order valence-electron chi connectivity index (χ1n) is 7.24. The molecule has 1 aliphatic heterocycles. The van der Waals surface area contributed by atoms with E-state index in [2.05, 4.69) is 6.07 Å². The zero-order chi connectivity index (χ0) is 13.9. The normalized spacial score (nSPS) is 22.1. The number of anilines is 1. The van der Waals surface area contributed by atoms with Crippen LogP contribution in [-0.2, 0) is 9.53 Å². The smallest absolute Gasteiger partial charge is 0.256 e. The Morgan fingerprint density at radius 1 is 1.30 bits per heavy atom. The summed E-state index contributed by atoms with van der Waals surface area (Å²) in [4.78, 5) is 14.6. The number of carbonyl (C=O) groups is 1. The van der Waals surface area contributed by atoms with Gasteiger partial charge in [0.1, 0.15) is 6.10 Å². The van der Waals surface area contributed by atoms with Gasteiger partial charge >= 0.3 is 0 Å². The molecule has 0 unspecified atom stereocenters. The second kappa shape index (κ2) is 5.64. The first-order chi connectivity index (χ1) is 9.79. The molecule has 4 nitrogen and oxygen atoms in total. The van der Waals surface area contributed by atoms with Crippen molar-refractivity contribution in [1.82, 2.24) is 0 Å². The van der Waals surface area contributed by atoms with Gasteiger partial charge < -0.3 is 9.64 Å². The highest BCUT2D eigenvalue weighted by atomic mass is 16.5. The quantitative estimate of drug-likeness (QED) is 0.848. The molecule has 0 N–H and O–H groups in total. The van der Waals surface area contributed by atoms with Gasteiger partial charge in [-0.25, -0.2) is 0 Å². The fraction of sp³-hybridized carbons (Fsp3) is 0.500. The lowest BCUT2D eigenvalue weighted by molar-refractivity contribution is -0.128. The first kappa shape index (κ1) is 13.1. The van der Waals surface area contributed by atoms with Crippen molar-refractivity contribution in [1.29, 1.82) is 5.26 Å². The summed E-state index contributed by atoms with van der Waals surface area (Å²) in [5.41, 5.74) is 1.42. The summed E-state index contributed by atoms with van der Waals surface area (Å²) in [5, 5.41) is 9.03. The summed E-state index contributed by atoms with van der Waals surface area (Å²) in [5.74, 6) is 0.0577. The third kappa shape index (κ3) is 2.41. The molecule has 2 fully saturated rings. The monoisotopic (exact) mass is 270 g/mol. The molecule has 20 heavy (non-hydrogen) atoms. The lowest BCUT2D eigenvalue weighted by Gasteiger charge is -2.38. The summed E-state index contributed by atoms with van der Waals surface area (Å²) in [6.07, 6.45) is 4.69. The summed E-state index contributed by atoms with van der Waals surface area (Å²) < 4.78 is 5.54. The number of amides is 1. The Kier molecular flexibility index (Phi) is 3.70. The Morgan fingerprint density at radius 3 is 2.75 bits per heavy atom. The van der Waals surface area contributed by atoms with Crippen molar-refractivity contribution in [3.8, 4) is 6.07 Å². The van der Waals surface area contributed by atoms with Gasteiger partial charge in [-0.1, -0.05) is 6.07 Å². The van der Waals surface area contributed by atoms with Gasteiger partial charge in [-0.15, -0.1) is 0 Å². The standard InChI is InChI=1S/C16H18N2O2/c17-11-12-4-1-7-14(10-12)18(13-5-2-6-13)16(19)15-8-3-9-20-15/h1,4,7,10,13,15H,2-3,5-6,8-9H2/t15-/m1/s1. The van der Waals surface area contributed by atoms with Crippen molar-refractivity contribution in [3.63, 3.8) is 0 Å². The Morgan fingerprint density at radius 2 is 2.15 bits per heavy atom. The van der Waals surface area contributed by atoms with Crippen LogP contribution in [0.1, 0.15) is 37.7 Å². The third-order valence-corrected chi connectivity index (χ3v) is 4.14. The summed E-state index contributed by atoms with van der Waals surface area (Å²) in [6, 6.07) is 9.71. The Bertz CT molecular complexity index is 540. The van der Waals surface area contributed by atoms with E-state index in [1.165, 1.54) is 0 Å². The fourth-order valence-electron chi connectivity index (χ4n) is 2.82. The van der Waals surface area contributed by atoms with Crippen LogP contribution in [0.5, 0.6) is 0 Å². The van der Waals surface area contributed by atoms with E-state index >= 15 is 0 Å². The summed E-state index contributed by atoms with van der Waals surface area (Å²) in [6.45, 7) is 0.674. The van der Waals surface area contributed by atoms with Crippen molar-refractivity contribution < 1.29 is 9.53 Å². The predicted octanol–water partition coefficient (Wildman–Crippen LogP) is 2.62. The van der Waals surface area contributed by atoms with Crippen LogP contribution in [0.2, 0.25) is 0 Å². The minimum absolute atomic E-state index is 0.0577. The van der Waals surface area contributed by atoms with E-state index in [0.717, 1.165) is 37.8 Å². The zero-order valence-corrected chi connectivity index (χ0v) is 11.4. The number of benzene rings is 1. The maximum atomic E-state index is 12.7. The second-order valence-corrected chi connectivity index (χ2v) is 5.46. The van der Waals surface area contributed by atoms with Crippen molar-refractivity contribution in [2.24, 2.45) is 0 Å². The number of carbonyl (C=O) groups excluding carboxylic acids is 1. The van der Waals surface area contributed by atoms with Crippen LogP contribution in [0.4, 0.5) is 5.69 Å². The van der Waals surface area contributed by atoms with Crippen molar-refractivity contribution >= 4 is 11.6 Å². The van der Waals surface area contributed by atoms with Crippen LogP contribution >= 0.6 is 0 Å². The van der Waals surface area contributed by atoms with Gasteiger partial charge in [0.15, 0.2) is 0 Å². The Hall–Kier alpha value is -1.86. The molecule has 0 bridgehead atoms. The highest BCUT2D eigenvalue weighted by Crippen LogP contribution is 2.32. The van der Waals surface area contributed by atoms with E-state index in [1.54, 1.807) is 12.1 Å². The Balaban J connectivity index is 1.88. The molecule has 104 valence electrons. The zero-order valence-electron chi connectivity index (χ0n) is 11.4. The molecule has 1 aliphatic carbocycles. The van der Waals surface area contributed by atoms with E-state index in [9.17, 15) is 4.79 Å². The maximum absolute atomic E-state index is 12.7. The average Bonchev–Trinajstić information content (AvgIpc) is 2.96. The van der Waals surface area contributed by atoms with Crippen molar-refractivity contribution in [2.75, 3.05) is 11.5 Å². The molecule has 0 spiro atoms. The number of nitriles is 1. The van der Waals surface area contributed by atoms with Gasteiger partial charge in [0.25, 0.3) is 5.91 Å². The topological polar surface area (TPSA) is 53.3 Å². The molecule has 4 heteroatoms. The van der Waals surface area contributed by atoms with E-state index in [-0.39, 0.29) is 18.1 Å². The molecule has 1 atom stereocenters. The molecule has 0 aromatic heterocycles. The fourth-order valence-corrected chi connectivity index (χ4v) is 2.82. The van der Waals surface area contributed by atoms with Crippen LogP contribution < -0.4 is 4.90 Å². The molecular formula is C16H18N2O2. The molecule has 1 saturated carbocycles. The van der Waals surface area contributed by atoms with E-state index < -0.39 is 0 Å². The maximum Gasteiger partial charge on any atom is 0.256 e.